The Labute approximate surface area is 179 Å². The molecule has 2 fully saturated rings. The molecular weight excluding hydrogens is 394 g/mol. The number of tetrazole rings is 1. The predicted molar refractivity (Wildman–Crippen MR) is 115 cm³/mol. The van der Waals surface area contributed by atoms with Crippen molar-refractivity contribution in [3.63, 3.8) is 0 Å². The van der Waals surface area contributed by atoms with E-state index in [9.17, 15) is 9.59 Å². The highest BCUT2D eigenvalue weighted by molar-refractivity contribution is 5.97. The Morgan fingerprint density at radius 3 is 2.26 bits per heavy atom. The summed E-state index contributed by atoms with van der Waals surface area (Å²) >= 11 is 0. The first-order valence-corrected chi connectivity index (χ1v) is 10.5. The molecule has 0 spiro atoms. The van der Waals surface area contributed by atoms with E-state index in [1.54, 1.807) is 9.58 Å². The normalized spacial score (nSPS) is 16.8. The third-order valence-electron chi connectivity index (χ3n) is 5.80. The molecular formula is C22H23N7O2. The summed E-state index contributed by atoms with van der Waals surface area (Å²) < 4.78 is 1.72. The predicted octanol–water partition coefficient (Wildman–Crippen LogP) is 1.75. The van der Waals surface area contributed by atoms with Gasteiger partial charge < -0.3 is 14.7 Å². The maximum atomic E-state index is 13.0. The highest BCUT2D eigenvalue weighted by Crippen LogP contribution is 2.23. The van der Waals surface area contributed by atoms with Gasteiger partial charge in [0.05, 0.1) is 5.69 Å². The van der Waals surface area contributed by atoms with Crippen LogP contribution in [0.15, 0.2) is 54.6 Å². The quantitative estimate of drug-likeness (QED) is 0.643. The van der Waals surface area contributed by atoms with Crippen LogP contribution in [0, 0.1) is 0 Å². The van der Waals surface area contributed by atoms with Crippen molar-refractivity contribution in [2.45, 2.75) is 12.8 Å². The van der Waals surface area contributed by atoms with E-state index >= 15 is 0 Å². The number of benzene rings is 2. The molecule has 2 saturated heterocycles. The minimum Gasteiger partial charge on any atom is -0.336 e. The zero-order valence-electron chi connectivity index (χ0n) is 17.1. The van der Waals surface area contributed by atoms with E-state index in [1.807, 2.05) is 59.5 Å². The fourth-order valence-corrected chi connectivity index (χ4v) is 4.11. The summed E-state index contributed by atoms with van der Waals surface area (Å²) in [6.45, 7) is 3.23. The molecule has 2 amide bonds. The second-order valence-electron chi connectivity index (χ2n) is 7.70. The lowest BCUT2D eigenvalue weighted by molar-refractivity contribution is -0.117. The van der Waals surface area contributed by atoms with Crippen LogP contribution >= 0.6 is 0 Å². The van der Waals surface area contributed by atoms with Crippen molar-refractivity contribution in [1.29, 1.82) is 0 Å². The van der Waals surface area contributed by atoms with Crippen LogP contribution in [0.2, 0.25) is 0 Å². The molecule has 0 unspecified atom stereocenters. The van der Waals surface area contributed by atoms with E-state index in [4.69, 9.17) is 0 Å². The van der Waals surface area contributed by atoms with Crippen molar-refractivity contribution < 1.29 is 9.59 Å². The van der Waals surface area contributed by atoms with E-state index in [-0.39, 0.29) is 11.8 Å². The number of carbonyl (C=O) groups excluding carboxylic acids is 2. The number of para-hydroxylation sites is 1. The van der Waals surface area contributed by atoms with Gasteiger partial charge in [-0.2, -0.15) is 4.68 Å². The minimum atomic E-state index is 0.00148. The Bertz CT molecular complexity index is 1070. The van der Waals surface area contributed by atoms with Crippen LogP contribution in [0.5, 0.6) is 0 Å². The number of amides is 2. The van der Waals surface area contributed by atoms with Gasteiger partial charge in [0.2, 0.25) is 11.9 Å². The second-order valence-corrected chi connectivity index (χ2v) is 7.70. The number of rotatable bonds is 4. The van der Waals surface area contributed by atoms with Crippen LogP contribution in [-0.2, 0) is 4.79 Å². The van der Waals surface area contributed by atoms with Crippen LogP contribution in [0.1, 0.15) is 23.2 Å². The average molecular weight is 417 g/mol. The highest BCUT2D eigenvalue weighted by atomic mass is 16.2. The zero-order chi connectivity index (χ0) is 21.2. The summed E-state index contributed by atoms with van der Waals surface area (Å²) in [5, 5.41) is 12.1. The van der Waals surface area contributed by atoms with Gasteiger partial charge in [0.1, 0.15) is 0 Å². The Morgan fingerprint density at radius 2 is 1.58 bits per heavy atom. The van der Waals surface area contributed by atoms with Crippen LogP contribution in [-0.4, -0.2) is 69.6 Å². The first kappa shape index (κ1) is 19.2. The van der Waals surface area contributed by atoms with Gasteiger partial charge in [-0.15, -0.1) is 0 Å². The van der Waals surface area contributed by atoms with Crippen LogP contribution in [0.3, 0.4) is 0 Å². The van der Waals surface area contributed by atoms with Gasteiger partial charge in [-0.1, -0.05) is 23.3 Å². The van der Waals surface area contributed by atoms with Crippen molar-refractivity contribution in [3.8, 4) is 5.69 Å². The number of nitrogens with zero attached hydrogens (tertiary/aromatic N) is 7. The molecule has 2 aliphatic rings. The number of piperazine rings is 1. The zero-order valence-corrected chi connectivity index (χ0v) is 17.1. The fourth-order valence-electron chi connectivity index (χ4n) is 4.11. The molecule has 3 aromatic rings. The number of hydrogen-bond donors (Lipinski definition) is 0. The van der Waals surface area contributed by atoms with E-state index in [0.717, 1.165) is 24.3 Å². The van der Waals surface area contributed by atoms with Crippen molar-refractivity contribution in [2.75, 3.05) is 42.5 Å². The molecule has 2 aliphatic heterocycles. The van der Waals surface area contributed by atoms with Crippen molar-refractivity contribution >= 4 is 23.5 Å². The van der Waals surface area contributed by atoms with Crippen LogP contribution < -0.4 is 9.80 Å². The van der Waals surface area contributed by atoms with Gasteiger partial charge in [-0.05, 0) is 53.2 Å². The maximum absolute atomic E-state index is 13.0. The molecule has 5 rings (SSSR count). The van der Waals surface area contributed by atoms with Crippen LogP contribution in [0.25, 0.3) is 5.69 Å². The summed E-state index contributed by atoms with van der Waals surface area (Å²) in [4.78, 5) is 30.6. The molecule has 2 aromatic carbocycles. The van der Waals surface area contributed by atoms with Crippen LogP contribution in [0.4, 0.5) is 11.6 Å². The molecule has 0 aliphatic carbocycles. The highest BCUT2D eigenvalue weighted by Gasteiger charge is 2.26. The Morgan fingerprint density at radius 1 is 0.839 bits per heavy atom. The average Bonchev–Trinajstić information content (AvgIpc) is 3.49. The largest absolute Gasteiger partial charge is 0.336 e. The molecule has 0 atom stereocenters. The number of carbonyl (C=O) groups is 2. The van der Waals surface area contributed by atoms with Gasteiger partial charge in [0.25, 0.3) is 5.91 Å². The Balaban J connectivity index is 1.24. The van der Waals surface area contributed by atoms with Gasteiger partial charge in [0.15, 0.2) is 0 Å². The summed E-state index contributed by atoms with van der Waals surface area (Å²) in [7, 11) is 0. The molecule has 31 heavy (non-hydrogen) atoms. The fraction of sp³-hybridized carbons (Fsp3) is 0.318. The van der Waals surface area contributed by atoms with Gasteiger partial charge >= 0.3 is 0 Å². The minimum absolute atomic E-state index is 0.00148. The van der Waals surface area contributed by atoms with Crippen molar-refractivity contribution in [2.24, 2.45) is 0 Å². The molecule has 0 radical (unpaired) electrons. The molecule has 3 heterocycles. The number of anilines is 2. The molecule has 0 N–H and O–H groups in total. The maximum Gasteiger partial charge on any atom is 0.253 e. The monoisotopic (exact) mass is 417 g/mol. The number of aromatic nitrogens is 4. The number of hydrogen-bond acceptors (Lipinski definition) is 6. The molecule has 158 valence electrons. The summed E-state index contributed by atoms with van der Waals surface area (Å²) in [6.07, 6.45) is 1.48. The third kappa shape index (κ3) is 3.74. The summed E-state index contributed by atoms with van der Waals surface area (Å²) in [5.74, 6) is 0.826. The standard InChI is InChI=1S/C22H23N7O2/c30-20-7-4-12-28(20)18-10-8-17(9-11-18)21(31)26-13-15-27(16-14-26)22-23-24-25-29(22)19-5-2-1-3-6-19/h1-3,5-6,8-11H,4,7,12-16H2. The van der Waals surface area contributed by atoms with Gasteiger partial charge in [-0.3, -0.25) is 9.59 Å². The summed E-state index contributed by atoms with van der Waals surface area (Å²) in [5.41, 5.74) is 2.40. The third-order valence-corrected chi connectivity index (χ3v) is 5.80. The lowest BCUT2D eigenvalue weighted by atomic mass is 10.1. The van der Waals surface area contributed by atoms with E-state index in [1.165, 1.54) is 0 Å². The van der Waals surface area contributed by atoms with Crippen molar-refractivity contribution in [3.05, 3.63) is 60.2 Å². The molecule has 0 bridgehead atoms. The van der Waals surface area contributed by atoms with E-state index in [0.29, 0.717) is 44.1 Å². The molecule has 9 heteroatoms. The summed E-state index contributed by atoms with van der Waals surface area (Å²) in [6, 6.07) is 17.1. The first-order valence-electron chi connectivity index (χ1n) is 10.5. The van der Waals surface area contributed by atoms with E-state index < -0.39 is 0 Å². The Hall–Kier alpha value is -3.75. The molecule has 1 aromatic heterocycles. The Kier molecular flexibility index (Phi) is 5.07. The first-order chi connectivity index (χ1) is 15.2. The second kappa shape index (κ2) is 8.17. The molecule has 9 nitrogen and oxygen atoms in total. The lowest BCUT2D eigenvalue weighted by Gasteiger charge is -2.34. The van der Waals surface area contributed by atoms with Crippen molar-refractivity contribution in [1.82, 2.24) is 25.1 Å². The van der Waals surface area contributed by atoms with Gasteiger partial charge in [-0.25, -0.2) is 0 Å². The SMILES string of the molecule is O=C(c1ccc(N2CCCC2=O)cc1)N1CCN(c2nnnn2-c2ccccc2)CC1. The lowest BCUT2D eigenvalue weighted by Crippen LogP contribution is -2.49. The van der Waals surface area contributed by atoms with Gasteiger partial charge in [0, 0.05) is 50.4 Å². The topological polar surface area (TPSA) is 87.5 Å². The molecule has 0 saturated carbocycles. The smallest absolute Gasteiger partial charge is 0.253 e. The van der Waals surface area contributed by atoms with E-state index in [2.05, 4.69) is 20.4 Å².